The lowest BCUT2D eigenvalue weighted by Crippen LogP contribution is -2.22. The van der Waals surface area contributed by atoms with Crippen LogP contribution < -0.4 is 5.32 Å². The van der Waals surface area contributed by atoms with E-state index >= 15 is 0 Å². The number of aromatic nitrogens is 3. The zero-order valence-corrected chi connectivity index (χ0v) is 12.0. The number of amides is 1. The molecule has 1 atom stereocenters. The second-order valence-corrected chi connectivity index (χ2v) is 6.21. The molecule has 0 saturated heterocycles. The van der Waals surface area contributed by atoms with Gasteiger partial charge in [-0.3, -0.25) is 9.89 Å². The lowest BCUT2D eigenvalue weighted by molar-refractivity contribution is -0.115. The van der Waals surface area contributed by atoms with Crippen molar-refractivity contribution in [3.8, 4) is 0 Å². The van der Waals surface area contributed by atoms with Gasteiger partial charge in [0.1, 0.15) is 6.33 Å². The number of nitrogens with zero attached hydrogens (tertiary/aromatic N) is 2. The standard InChI is InChI=1S/C14H16N4OS/c1-9(20-14-15-8-16-18-14)13(19)17-12-6-5-10-3-2-4-11(10)7-12/h5-9H,2-4H2,1H3,(H,17,19)(H,15,16,18)/t9-/m1/s1. The molecule has 0 aliphatic heterocycles. The second kappa shape index (κ2) is 5.66. The van der Waals surface area contributed by atoms with Crippen molar-refractivity contribution in [1.29, 1.82) is 0 Å². The normalized spacial score (nSPS) is 14.8. The minimum absolute atomic E-state index is 0.0238. The number of carbonyl (C=O) groups excluding carboxylic acids is 1. The SMILES string of the molecule is C[C@@H](Sc1ncn[nH]1)C(=O)Nc1ccc2c(c1)CCC2. The molecule has 0 bridgehead atoms. The summed E-state index contributed by atoms with van der Waals surface area (Å²) < 4.78 is 0. The van der Waals surface area contributed by atoms with Crippen LogP contribution in [0.1, 0.15) is 24.5 Å². The number of H-pyrrole nitrogens is 1. The first-order valence-electron chi connectivity index (χ1n) is 6.67. The van der Waals surface area contributed by atoms with Crippen molar-refractivity contribution >= 4 is 23.4 Å². The van der Waals surface area contributed by atoms with Crippen LogP contribution in [0.15, 0.2) is 29.7 Å². The summed E-state index contributed by atoms with van der Waals surface area (Å²) in [5.41, 5.74) is 3.64. The maximum Gasteiger partial charge on any atom is 0.237 e. The van der Waals surface area contributed by atoms with Gasteiger partial charge in [0, 0.05) is 5.69 Å². The van der Waals surface area contributed by atoms with Crippen LogP contribution in [0.4, 0.5) is 5.69 Å². The summed E-state index contributed by atoms with van der Waals surface area (Å²) in [6.07, 6.45) is 4.92. The fourth-order valence-electron chi connectivity index (χ4n) is 2.37. The number of aryl methyl sites for hydroxylation is 2. The van der Waals surface area contributed by atoms with Gasteiger partial charge >= 0.3 is 0 Å². The van der Waals surface area contributed by atoms with Crippen molar-refractivity contribution in [2.75, 3.05) is 5.32 Å². The maximum atomic E-state index is 12.1. The summed E-state index contributed by atoms with van der Waals surface area (Å²) in [6, 6.07) is 6.19. The number of hydrogen-bond acceptors (Lipinski definition) is 4. The Morgan fingerprint density at radius 2 is 2.25 bits per heavy atom. The fraction of sp³-hybridized carbons (Fsp3) is 0.357. The summed E-state index contributed by atoms with van der Waals surface area (Å²) in [6.45, 7) is 1.86. The fourth-order valence-corrected chi connectivity index (χ4v) is 3.08. The van der Waals surface area contributed by atoms with Gasteiger partial charge in [0.25, 0.3) is 0 Å². The molecule has 1 heterocycles. The number of thioether (sulfide) groups is 1. The third kappa shape index (κ3) is 2.85. The zero-order chi connectivity index (χ0) is 13.9. The molecule has 1 aromatic carbocycles. The van der Waals surface area contributed by atoms with Crippen molar-refractivity contribution in [2.45, 2.75) is 36.6 Å². The molecule has 2 aromatic rings. The molecule has 5 nitrogen and oxygen atoms in total. The molecule has 1 aromatic heterocycles. The summed E-state index contributed by atoms with van der Waals surface area (Å²) in [5, 5.41) is 9.90. The van der Waals surface area contributed by atoms with E-state index in [4.69, 9.17) is 0 Å². The van der Waals surface area contributed by atoms with E-state index in [1.54, 1.807) is 0 Å². The molecule has 0 spiro atoms. The molecule has 0 radical (unpaired) electrons. The van der Waals surface area contributed by atoms with Gasteiger partial charge in [0.2, 0.25) is 5.91 Å². The maximum absolute atomic E-state index is 12.1. The average Bonchev–Trinajstić information content (AvgIpc) is 3.08. The Bertz CT molecular complexity index is 612. The number of benzene rings is 1. The van der Waals surface area contributed by atoms with E-state index in [9.17, 15) is 4.79 Å². The molecule has 1 aliphatic carbocycles. The first-order valence-corrected chi connectivity index (χ1v) is 7.55. The smallest absolute Gasteiger partial charge is 0.237 e. The molecular weight excluding hydrogens is 272 g/mol. The van der Waals surface area contributed by atoms with Crippen LogP contribution in [-0.2, 0) is 17.6 Å². The van der Waals surface area contributed by atoms with Gasteiger partial charge in [0.05, 0.1) is 5.25 Å². The number of carbonyl (C=O) groups is 1. The highest BCUT2D eigenvalue weighted by Gasteiger charge is 2.17. The molecule has 1 amide bonds. The average molecular weight is 288 g/mol. The third-order valence-corrected chi connectivity index (χ3v) is 4.40. The van der Waals surface area contributed by atoms with Crippen LogP contribution in [0.5, 0.6) is 0 Å². The van der Waals surface area contributed by atoms with Crippen LogP contribution in [0, 0.1) is 0 Å². The van der Waals surface area contributed by atoms with E-state index in [0.717, 1.165) is 18.5 Å². The topological polar surface area (TPSA) is 70.7 Å². The number of hydrogen-bond donors (Lipinski definition) is 2. The highest BCUT2D eigenvalue weighted by Crippen LogP contribution is 2.26. The summed E-state index contributed by atoms with van der Waals surface area (Å²) in [7, 11) is 0. The van der Waals surface area contributed by atoms with Gasteiger partial charge in [-0.25, -0.2) is 4.98 Å². The van der Waals surface area contributed by atoms with E-state index < -0.39 is 0 Å². The van der Waals surface area contributed by atoms with Gasteiger partial charge in [-0.05, 0) is 49.4 Å². The molecule has 2 N–H and O–H groups in total. The van der Waals surface area contributed by atoms with Crippen LogP contribution in [0.25, 0.3) is 0 Å². The highest BCUT2D eigenvalue weighted by molar-refractivity contribution is 8.00. The zero-order valence-electron chi connectivity index (χ0n) is 11.2. The van der Waals surface area contributed by atoms with E-state index in [2.05, 4.69) is 32.6 Å². The van der Waals surface area contributed by atoms with Crippen molar-refractivity contribution in [2.24, 2.45) is 0 Å². The van der Waals surface area contributed by atoms with Crippen molar-refractivity contribution in [3.05, 3.63) is 35.7 Å². The molecule has 104 valence electrons. The predicted octanol–water partition coefficient (Wildman–Crippen LogP) is 2.41. The van der Waals surface area contributed by atoms with Crippen molar-refractivity contribution in [1.82, 2.24) is 15.2 Å². The Morgan fingerprint density at radius 1 is 1.40 bits per heavy atom. The molecule has 3 rings (SSSR count). The quantitative estimate of drug-likeness (QED) is 0.848. The predicted molar refractivity (Wildman–Crippen MR) is 78.8 cm³/mol. The third-order valence-electron chi connectivity index (χ3n) is 3.42. The molecule has 20 heavy (non-hydrogen) atoms. The minimum atomic E-state index is -0.226. The summed E-state index contributed by atoms with van der Waals surface area (Å²) in [5.74, 6) is -0.0238. The Morgan fingerprint density at radius 3 is 3.05 bits per heavy atom. The molecule has 6 heteroatoms. The van der Waals surface area contributed by atoms with E-state index in [-0.39, 0.29) is 11.2 Å². The Labute approximate surface area is 121 Å². The number of anilines is 1. The van der Waals surface area contributed by atoms with Crippen LogP contribution in [0.3, 0.4) is 0 Å². The Balaban J connectivity index is 1.63. The number of nitrogens with one attached hydrogen (secondary N) is 2. The monoisotopic (exact) mass is 288 g/mol. The molecule has 0 saturated carbocycles. The first kappa shape index (κ1) is 13.2. The van der Waals surface area contributed by atoms with Gasteiger partial charge in [-0.2, -0.15) is 5.10 Å². The molecular formula is C14H16N4OS. The van der Waals surface area contributed by atoms with E-state index in [1.807, 2.05) is 13.0 Å². The van der Waals surface area contributed by atoms with Crippen LogP contribution in [0.2, 0.25) is 0 Å². The van der Waals surface area contributed by atoms with Gasteiger partial charge in [-0.15, -0.1) is 0 Å². The number of fused-ring (bicyclic) bond motifs is 1. The number of rotatable bonds is 4. The van der Waals surface area contributed by atoms with E-state index in [0.29, 0.717) is 5.16 Å². The largest absolute Gasteiger partial charge is 0.325 e. The van der Waals surface area contributed by atoms with Gasteiger partial charge in [-0.1, -0.05) is 17.8 Å². The second-order valence-electron chi connectivity index (χ2n) is 4.88. The number of aromatic amines is 1. The van der Waals surface area contributed by atoms with Crippen molar-refractivity contribution < 1.29 is 4.79 Å². The van der Waals surface area contributed by atoms with Gasteiger partial charge < -0.3 is 5.32 Å². The van der Waals surface area contributed by atoms with Crippen LogP contribution in [-0.4, -0.2) is 26.3 Å². The first-order chi connectivity index (χ1) is 9.72. The lowest BCUT2D eigenvalue weighted by atomic mass is 10.1. The molecule has 0 fully saturated rings. The Hall–Kier alpha value is -1.82. The Kier molecular flexibility index (Phi) is 3.73. The summed E-state index contributed by atoms with van der Waals surface area (Å²) in [4.78, 5) is 16.2. The van der Waals surface area contributed by atoms with E-state index in [1.165, 1.54) is 35.6 Å². The van der Waals surface area contributed by atoms with Crippen LogP contribution >= 0.6 is 11.8 Å². The molecule has 0 unspecified atom stereocenters. The summed E-state index contributed by atoms with van der Waals surface area (Å²) >= 11 is 1.36. The van der Waals surface area contributed by atoms with Crippen molar-refractivity contribution in [3.63, 3.8) is 0 Å². The van der Waals surface area contributed by atoms with Gasteiger partial charge in [0.15, 0.2) is 5.16 Å². The highest BCUT2D eigenvalue weighted by atomic mass is 32.2. The molecule has 1 aliphatic rings. The lowest BCUT2D eigenvalue weighted by Gasteiger charge is -2.11. The minimum Gasteiger partial charge on any atom is -0.325 e.